The van der Waals surface area contributed by atoms with Gasteiger partial charge in [0.05, 0.1) is 0 Å². The lowest BCUT2D eigenvalue weighted by Gasteiger charge is -2.19. The Hall–Kier alpha value is -1.35. The Labute approximate surface area is 115 Å². The first-order valence-electron chi connectivity index (χ1n) is 7.18. The van der Waals surface area contributed by atoms with Gasteiger partial charge in [0, 0.05) is 18.7 Å². The molecule has 2 N–H and O–H groups in total. The number of rotatable bonds is 4. The van der Waals surface area contributed by atoms with Gasteiger partial charge in [0.25, 0.3) is 5.91 Å². The van der Waals surface area contributed by atoms with Gasteiger partial charge in [0.1, 0.15) is 0 Å². The number of carbonyl (C=O) groups excluding carboxylic acids is 1. The second-order valence-electron chi connectivity index (χ2n) is 5.84. The molecule has 104 valence electrons. The van der Waals surface area contributed by atoms with Crippen molar-refractivity contribution in [1.29, 1.82) is 0 Å². The quantitative estimate of drug-likeness (QED) is 0.872. The van der Waals surface area contributed by atoms with E-state index in [9.17, 15) is 4.79 Å². The molecule has 0 spiro atoms. The molecule has 1 atom stereocenters. The van der Waals surface area contributed by atoms with Crippen molar-refractivity contribution in [1.82, 2.24) is 10.6 Å². The number of nitrogens with one attached hydrogen (secondary N) is 2. The fourth-order valence-corrected chi connectivity index (χ4v) is 2.21. The minimum atomic E-state index is 0.0425. The van der Waals surface area contributed by atoms with Crippen molar-refractivity contribution in [3.8, 4) is 0 Å². The maximum atomic E-state index is 12.1. The second kappa shape index (κ2) is 6.20. The monoisotopic (exact) mass is 260 g/mol. The minimum Gasteiger partial charge on any atom is -0.352 e. The zero-order chi connectivity index (χ0) is 13.8. The topological polar surface area (TPSA) is 41.1 Å². The lowest BCUT2D eigenvalue weighted by atomic mass is 9.97. The van der Waals surface area contributed by atoms with Crippen LogP contribution in [0.3, 0.4) is 0 Å². The molecule has 0 fully saturated rings. The summed E-state index contributed by atoms with van der Waals surface area (Å²) in [5, 5.41) is 6.37. The molecule has 3 nitrogen and oxygen atoms in total. The van der Waals surface area contributed by atoms with Crippen molar-refractivity contribution >= 4 is 5.91 Å². The molecule has 0 bridgehead atoms. The van der Waals surface area contributed by atoms with E-state index in [-0.39, 0.29) is 5.91 Å². The van der Waals surface area contributed by atoms with Crippen LogP contribution in [0.2, 0.25) is 0 Å². The Bertz CT molecular complexity index is 454. The van der Waals surface area contributed by atoms with E-state index in [0.717, 1.165) is 31.6 Å². The molecule has 0 radical (unpaired) electrons. The summed E-state index contributed by atoms with van der Waals surface area (Å²) in [5.41, 5.74) is 3.40. The van der Waals surface area contributed by atoms with Crippen LogP contribution >= 0.6 is 0 Å². The molecule has 1 amide bonds. The zero-order valence-electron chi connectivity index (χ0n) is 12.1. The maximum absolute atomic E-state index is 12.1. The molecule has 0 saturated heterocycles. The largest absolute Gasteiger partial charge is 0.352 e. The first kappa shape index (κ1) is 14.1. The molecular formula is C16H24N2O. The summed E-state index contributed by atoms with van der Waals surface area (Å²) in [6.45, 7) is 9.18. The van der Waals surface area contributed by atoms with Gasteiger partial charge in [-0.15, -0.1) is 0 Å². The Morgan fingerprint density at radius 1 is 1.32 bits per heavy atom. The molecule has 0 aliphatic carbocycles. The van der Waals surface area contributed by atoms with E-state index in [1.54, 1.807) is 0 Å². The van der Waals surface area contributed by atoms with Gasteiger partial charge in [-0.3, -0.25) is 4.79 Å². The predicted molar refractivity (Wildman–Crippen MR) is 78.2 cm³/mol. The molecule has 0 aromatic heterocycles. The number of hydrogen-bond acceptors (Lipinski definition) is 2. The molecule has 19 heavy (non-hydrogen) atoms. The van der Waals surface area contributed by atoms with Crippen molar-refractivity contribution in [2.45, 2.75) is 33.7 Å². The second-order valence-corrected chi connectivity index (χ2v) is 5.84. The Kier molecular flexibility index (Phi) is 4.59. The number of fused-ring (bicyclic) bond motifs is 1. The molecule has 1 aromatic rings. The first-order valence-corrected chi connectivity index (χ1v) is 7.18. The van der Waals surface area contributed by atoms with Crippen LogP contribution in [0, 0.1) is 11.8 Å². The highest BCUT2D eigenvalue weighted by Gasteiger charge is 2.13. The fraction of sp³-hybridized carbons (Fsp3) is 0.562. The molecule has 3 heteroatoms. The van der Waals surface area contributed by atoms with Crippen LogP contribution in [0.4, 0.5) is 0 Å². The van der Waals surface area contributed by atoms with E-state index in [2.05, 4.69) is 37.5 Å². The van der Waals surface area contributed by atoms with E-state index in [4.69, 9.17) is 0 Å². The van der Waals surface area contributed by atoms with Gasteiger partial charge in [-0.2, -0.15) is 0 Å². The summed E-state index contributed by atoms with van der Waals surface area (Å²) >= 11 is 0. The van der Waals surface area contributed by atoms with Gasteiger partial charge >= 0.3 is 0 Å². The van der Waals surface area contributed by atoms with Crippen LogP contribution in [0.25, 0.3) is 0 Å². The molecule has 2 rings (SSSR count). The lowest BCUT2D eigenvalue weighted by molar-refractivity contribution is 0.0945. The van der Waals surface area contributed by atoms with Crippen LogP contribution < -0.4 is 10.6 Å². The molecule has 1 heterocycles. The average Bonchev–Trinajstić information content (AvgIpc) is 2.43. The summed E-state index contributed by atoms with van der Waals surface area (Å²) in [5.74, 6) is 1.14. The van der Waals surface area contributed by atoms with Crippen molar-refractivity contribution in [2.24, 2.45) is 11.8 Å². The summed E-state index contributed by atoms with van der Waals surface area (Å²) in [6.07, 6.45) is 1.06. The lowest BCUT2D eigenvalue weighted by Crippen LogP contribution is -2.30. The summed E-state index contributed by atoms with van der Waals surface area (Å²) < 4.78 is 0. The summed E-state index contributed by atoms with van der Waals surface area (Å²) in [6, 6.07) is 6.06. The van der Waals surface area contributed by atoms with Crippen molar-refractivity contribution in [3.05, 3.63) is 34.9 Å². The number of benzene rings is 1. The van der Waals surface area contributed by atoms with Gasteiger partial charge in [-0.1, -0.05) is 26.8 Å². The van der Waals surface area contributed by atoms with Crippen LogP contribution in [0.5, 0.6) is 0 Å². The normalized spacial score (nSPS) is 16.0. The molecule has 1 aromatic carbocycles. The number of amides is 1. The third-order valence-electron chi connectivity index (χ3n) is 4.08. The summed E-state index contributed by atoms with van der Waals surface area (Å²) in [4.78, 5) is 12.1. The SMILES string of the molecule is CC(C)C(C)CNC(=O)c1ccc2c(c1)CNCC2. The van der Waals surface area contributed by atoms with Gasteiger partial charge < -0.3 is 10.6 Å². The van der Waals surface area contributed by atoms with E-state index in [1.807, 2.05) is 12.1 Å². The van der Waals surface area contributed by atoms with Crippen molar-refractivity contribution in [3.63, 3.8) is 0 Å². The third-order valence-corrected chi connectivity index (χ3v) is 4.08. The highest BCUT2D eigenvalue weighted by atomic mass is 16.1. The third kappa shape index (κ3) is 3.57. The Balaban J connectivity index is 1.99. The molecular weight excluding hydrogens is 236 g/mol. The highest BCUT2D eigenvalue weighted by Crippen LogP contribution is 2.16. The fourth-order valence-electron chi connectivity index (χ4n) is 2.21. The van der Waals surface area contributed by atoms with Gasteiger partial charge in [-0.25, -0.2) is 0 Å². The van der Waals surface area contributed by atoms with E-state index in [1.165, 1.54) is 11.1 Å². The van der Waals surface area contributed by atoms with Gasteiger partial charge in [-0.05, 0) is 48.1 Å². The zero-order valence-corrected chi connectivity index (χ0v) is 12.1. The van der Waals surface area contributed by atoms with Crippen molar-refractivity contribution < 1.29 is 4.79 Å². The van der Waals surface area contributed by atoms with E-state index >= 15 is 0 Å². The maximum Gasteiger partial charge on any atom is 0.251 e. The van der Waals surface area contributed by atoms with E-state index in [0.29, 0.717) is 11.8 Å². The molecule has 1 unspecified atom stereocenters. The average molecular weight is 260 g/mol. The summed E-state index contributed by atoms with van der Waals surface area (Å²) in [7, 11) is 0. The van der Waals surface area contributed by atoms with Gasteiger partial charge in [0.15, 0.2) is 0 Å². The standard InChI is InChI=1S/C16H24N2O/c1-11(2)12(3)9-18-16(19)14-5-4-13-6-7-17-10-15(13)8-14/h4-5,8,11-12,17H,6-7,9-10H2,1-3H3,(H,18,19). The Morgan fingerprint density at radius 2 is 2.11 bits per heavy atom. The molecule has 1 aliphatic rings. The van der Waals surface area contributed by atoms with Gasteiger partial charge in [0.2, 0.25) is 0 Å². The Morgan fingerprint density at radius 3 is 2.84 bits per heavy atom. The van der Waals surface area contributed by atoms with Crippen LogP contribution in [0.1, 0.15) is 42.3 Å². The van der Waals surface area contributed by atoms with Crippen LogP contribution in [0.15, 0.2) is 18.2 Å². The van der Waals surface area contributed by atoms with Crippen LogP contribution in [-0.4, -0.2) is 19.0 Å². The van der Waals surface area contributed by atoms with Crippen molar-refractivity contribution in [2.75, 3.05) is 13.1 Å². The number of hydrogen-bond donors (Lipinski definition) is 2. The molecule has 1 aliphatic heterocycles. The number of carbonyl (C=O) groups is 1. The van der Waals surface area contributed by atoms with E-state index < -0.39 is 0 Å². The van der Waals surface area contributed by atoms with Crippen LogP contribution in [-0.2, 0) is 13.0 Å². The smallest absolute Gasteiger partial charge is 0.251 e. The predicted octanol–water partition coefficient (Wildman–Crippen LogP) is 2.35. The first-order chi connectivity index (χ1) is 9.08. The highest BCUT2D eigenvalue weighted by molar-refractivity contribution is 5.94. The molecule has 0 saturated carbocycles. The minimum absolute atomic E-state index is 0.0425.